The van der Waals surface area contributed by atoms with Crippen LogP contribution in [0.5, 0.6) is 0 Å². The van der Waals surface area contributed by atoms with Gasteiger partial charge in [0.15, 0.2) is 5.16 Å². The first kappa shape index (κ1) is 20.3. The summed E-state index contributed by atoms with van der Waals surface area (Å²) in [5.41, 5.74) is 1.16. The molecule has 0 bridgehead atoms. The van der Waals surface area contributed by atoms with Gasteiger partial charge in [-0.3, -0.25) is 9.36 Å². The van der Waals surface area contributed by atoms with E-state index in [-0.39, 0.29) is 11.9 Å². The quantitative estimate of drug-likeness (QED) is 0.624. The van der Waals surface area contributed by atoms with Crippen LogP contribution in [-0.2, 0) is 4.79 Å². The van der Waals surface area contributed by atoms with Gasteiger partial charge in [0, 0.05) is 19.1 Å². The SMILES string of the molecule is CC(C)CC(NC(=O)CSc1nnc(N2CCCC2)n1C1CC1)c1ccccc1. The zero-order chi connectivity index (χ0) is 20.2. The van der Waals surface area contributed by atoms with Crippen LogP contribution in [-0.4, -0.2) is 39.5 Å². The number of carbonyl (C=O) groups is 1. The van der Waals surface area contributed by atoms with Crippen molar-refractivity contribution in [1.82, 2.24) is 20.1 Å². The van der Waals surface area contributed by atoms with Gasteiger partial charge in [-0.25, -0.2) is 0 Å². The van der Waals surface area contributed by atoms with Crippen LogP contribution in [0.25, 0.3) is 0 Å². The number of anilines is 1. The lowest BCUT2D eigenvalue weighted by molar-refractivity contribution is -0.119. The van der Waals surface area contributed by atoms with Gasteiger partial charge in [-0.05, 0) is 43.6 Å². The summed E-state index contributed by atoms with van der Waals surface area (Å²) in [6, 6.07) is 10.8. The highest BCUT2D eigenvalue weighted by atomic mass is 32.2. The van der Waals surface area contributed by atoms with Crippen molar-refractivity contribution in [3.05, 3.63) is 35.9 Å². The highest BCUT2D eigenvalue weighted by molar-refractivity contribution is 7.99. The summed E-state index contributed by atoms with van der Waals surface area (Å²) < 4.78 is 2.27. The number of hydrogen-bond donors (Lipinski definition) is 1. The zero-order valence-corrected chi connectivity index (χ0v) is 18.2. The molecule has 29 heavy (non-hydrogen) atoms. The summed E-state index contributed by atoms with van der Waals surface area (Å²) in [6.45, 7) is 6.50. The van der Waals surface area contributed by atoms with Crippen molar-refractivity contribution < 1.29 is 4.79 Å². The third kappa shape index (κ3) is 5.13. The van der Waals surface area contributed by atoms with E-state index >= 15 is 0 Å². The normalized spacial score (nSPS) is 17.7. The first-order valence-electron chi connectivity index (χ1n) is 10.8. The van der Waals surface area contributed by atoms with Crippen LogP contribution in [0.1, 0.15) is 63.6 Å². The van der Waals surface area contributed by atoms with Gasteiger partial charge >= 0.3 is 0 Å². The molecule has 1 saturated heterocycles. The molecule has 156 valence electrons. The molecule has 1 saturated carbocycles. The number of nitrogens with one attached hydrogen (secondary N) is 1. The monoisotopic (exact) mass is 413 g/mol. The molecule has 2 heterocycles. The second kappa shape index (κ2) is 9.20. The number of hydrogen-bond acceptors (Lipinski definition) is 5. The summed E-state index contributed by atoms with van der Waals surface area (Å²) in [5.74, 6) is 1.92. The topological polar surface area (TPSA) is 63.1 Å². The Kier molecular flexibility index (Phi) is 6.43. The predicted octanol–water partition coefficient (Wildman–Crippen LogP) is 4.21. The van der Waals surface area contributed by atoms with Crippen molar-refractivity contribution in [1.29, 1.82) is 0 Å². The molecule has 1 N–H and O–H groups in total. The molecule has 0 radical (unpaired) electrons. The smallest absolute Gasteiger partial charge is 0.230 e. The minimum atomic E-state index is 0.0470. The Morgan fingerprint density at radius 2 is 1.90 bits per heavy atom. The highest BCUT2D eigenvalue weighted by Gasteiger charge is 2.32. The first-order chi connectivity index (χ1) is 14.1. The highest BCUT2D eigenvalue weighted by Crippen LogP contribution is 2.41. The maximum atomic E-state index is 12.7. The number of benzene rings is 1. The maximum absolute atomic E-state index is 12.7. The van der Waals surface area contributed by atoms with Crippen molar-refractivity contribution in [3.63, 3.8) is 0 Å². The summed E-state index contributed by atoms with van der Waals surface area (Å²) in [5, 5.41) is 13.0. The Morgan fingerprint density at radius 3 is 2.55 bits per heavy atom. The summed E-state index contributed by atoms with van der Waals surface area (Å²) in [6.07, 6.45) is 5.74. The Balaban J connectivity index is 1.40. The van der Waals surface area contributed by atoms with Gasteiger partial charge in [-0.15, -0.1) is 10.2 Å². The Hall–Kier alpha value is -2.02. The molecule has 2 fully saturated rings. The van der Waals surface area contributed by atoms with Crippen LogP contribution in [0.15, 0.2) is 35.5 Å². The van der Waals surface area contributed by atoms with Gasteiger partial charge in [-0.1, -0.05) is 55.9 Å². The van der Waals surface area contributed by atoms with Gasteiger partial charge in [0.1, 0.15) is 0 Å². The lowest BCUT2D eigenvalue weighted by Crippen LogP contribution is -2.31. The van der Waals surface area contributed by atoms with Crippen molar-refractivity contribution >= 4 is 23.6 Å². The molecular weight excluding hydrogens is 382 g/mol. The van der Waals surface area contributed by atoms with E-state index < -0.39 is 0 Å². The van der Waals surface area contributed by atoms with Crippen molar-refractivity contribution in [2.75, 3.05) is 23.7 Å². The molecule has 1 aromatic heterocycles. The van der Waals surface area contributed by atoms with E-state index in [2.05, 4.69) is 51.0 Å². The number of nitrogens with zero attached hydrogens (tertiary/aromatic N) is 4. The zero-order valence-electron chi connectivity index (χ0n) is 17.4. The average molecular weight is 414 g/mol. The van der Waals surface area contributed by atoms with E-state index in [1.165, 1.54) is 37.4 Å². The Morgan fingerprint density at radius 1 is 1.17 bits per heavy atom. The van der Waals surface area contributed by atoms with E-state index in [4.69, 9.17) is 0 Å². The molecule has 6 nitrogen and oxygen atoms in total. The number of carbonyl (C=O) groups excluding carboxylic acids is 1. The average Bonchev–Trinajstić information content (AvgIpc) is 3.23. The van der Waals surface area contributed by atoms with Gasteiger partial charge in [0.2, 0.25) is 11.9 Å². The molecule has 1 amide bonds. The second-order valence-corrected chi connectivity index (χ2v) is 9.47. The molecule has 1 aliphatic heterocycles. The second-order valence-electron chi connectivity index (χ2n) is 8.53. The van der Waals surface area contributed by atoms with Crippen LogP contribution in [0.4, 0.5) is 5.95 Å². The van der Waals surface area contributed by atoms with Crippen LogP contribution in [0.3, 0.4) is 0 Å². The maximum Gasteiger partial charge on any atom is 0.230 e. The molecule has 2 aromatic rings. The van der Waals surface area contributed by atoms with Gasteiger partial charge in [0.25, 0.3) is 0 Å². The van der Waals surface area contributed by atoms with Crippen LogP contribution < -0.4 is 10.2 Å². The van der Waals surface area contributed by atoms with Crippen molar-refractivity contribution in [3.8, 4) is 0 Å². The van der Waals surface area contributed by atoms with Crippen molar-refractivity contribution in [2.24, 2.45) is 5.92 Å². The first-order valence-corrected chi connectivity index (χ1v) is 11.8. The van der Waals surface area contributed by atoms with Crippen LogP contribution in [0.2, 0.25) is 0 Å². The molecule has 1 aromatic carbocycles. The third-order valence-electron chi connectivity index (χ3n) is 5.52. The molecule has 4 rings (SSSR count). The molecule has 0 spiro atoms. The van der Waals surface area contributed by atoms with Gasteiger partial charge < -0.3 is 10.2 Å². The minimum absolute atomic E-state index is 0.0470. The van der Waals surface area contributed by atoms with E-state index in [9.17, 15) is 4.79 Å². The Bertz CT molecular complexity index is 812. The van der Waals surface area contributed by atoms with E-state index in [0.29, 0.717) is 17.7 Å². The molecule has 1 aliphatic carbocycles. The predicted molar refractivity (Wildman–Crippen MR) is 117 cm³/mol. The lowest BCUT2D eigenvalue weighted by Gasteiger charge is -2.21. The number of thioether (sulfide) groups is 1. The molecular formula is C22H31N5OS. The minimum Gasteiger partial charge on any atom is -0.349 e. The van der Waals surface area contributed by atoms with Gasteiger partial charge in [-0.2, -0.15) is 0 Å². The standard InChI is InChI=1S/C22H31N5OS/c1-16(2)14-19(17-8-4-3-5-9-17)23-20(28)15-29-22-25-24-21(26-12-6-7-13-26)27(22)18-10-11-18/h3-5,8-9,16,18-19H,6-7,10-15H2,1-2H3,(H,23,28). The number of aromatic nitrogens is 3. The fourth-order valence-corrected chi connectivity index (χ4v) is 4.77. The van der Waals surface area contributed by atoms with Crippen LogP contribution >= 0.6 is 11.8 Å². The summed E-state index contributed by atoms with van der Waals surface area (Å²) in [4.78, 5) is 15.1. The largest absolute Gasteiger partial charge is 0.349 e. The van der Waals surface area contributed by atoms with E-state index in [1.807, 2.05) is 18.2 Å². The number of amides is 1. The Labute approximate surface area is 177 Å². The van der Waals surface area contributed by atoms with Gasteiger partial charge in [0.05, 0.1) is 11.8 Å². The third-order valence-corrected chi connectivity index (χ3v) is 6.47. The van der Waals surface area contributed by atoms with Crippen molar-refractivity contribution in [2.45, 2.75) is 63.2 Å². The summed E-state index contributed by atoms with van der Waals surface area (Å²) >= 11 is 1.51. The fraction of sp³-hybridized carbons (Fsp3) is 0.591. The molecule has 7 heteroatoms. The summed E-state index contributed by atoms with van der Waals surface area (Å²) in [7, 11) is 0. The number of rotatable bonds is 9. The molecule has 1 unspecified atom stereocenters. The lowest BCUT2D eigenvalue weighted by atomic mass is 9.97. The fourth-order valence-electron chi connectivity index (χ4n) is 3.95. The van der Waals surface area contributed by atoms with E-state index in [0.717, 1.165) is 36.2 Å². The molecule has 1 atom stereocenters. The molecule has 2 aliphatic rings. The van der Waals surface area contributed by atoms with E-state index in [1.54, 1.807) is 0 Å². The van der Waals surface area contributed by atoms with Crippen LogP contribution in [0, 0.1) is 5.92 Å².